The lowest BCUT2D eigenvalue weighted by Gasteiger charge is -2.10. The lowest BCUT2D eigenvalue weighted by molar-refractivity contribution is 0.193. The minimum absolute atomic E-state index is 0.339. The van der Waals surface area contributed by atoms with Crippen LogP contribution in [-0.2, 0) is 17.7 Å². The standard InChI is InChI=1S/C10H14N4O/c1-2-14-10(8-4-6-15-7-8)9(3-5-11)12-13-14/h8H,2-4,6-7H2,1H3. The summed E-state index contributed by atoms with van der Waals surface area (Å²) in [5.41, 5.74) is 1.91. The third-order valence-electron chi connectivity index (χ3n) is 2.71. The lowest BCUT2D eigenvalue weighted by atomic mass is 10.0. The summed E-state index contributed by atoms with van der Waals surface area (Å²) >= 11 is 0. The Kier molecular flexibility index (Phi) is 2.97. The van der Waals surface area contributed by atoms with Gasteiger partial charge >= 0.3 is 0 Å². The average Bonchev–Trinajstić information content (AvgIpc) is 2.85. The van der Waals surface area contributed by atoms with Crippen LogP contribution in [-0.4, -0.2) is 28.2 Å². The van der Waals surface area contributed by atoms with Crippen LogP contribution in [0.1, 0.15) is 30.7 Å². The first-order chi connectivity index (χ1) is 7.36. The van der Waals surface area contributed by atoms with Gasteiger partial charge in [-0.3, -0.25) is 0 Å². The van der Waals surface area contributed by atoms with Crippen molar-refractivity contribution in [2.75, 3.05) is 13.2 Å². The van der Waals surface area contributed by atoms with Crippen molar-refractivity contribution in [3.05, 3.63) is 11.4 Å². The third-order valence-corrected chi connectivity index (χ3v) is 2.71. The van der Waals surface area contributed by atoms with Gasteiger partial charge < -0.3 is 4.74 Å². The molecule has 0 radical (unpaired) electrons. The molecule has 0 aliphatic carbocycles. The summed E-state index contributed by atoms with van der Waals surface area (Å²) < 4.78 is 7.24. The molecule has 0 bridgehead atoms. The molecule has 80 valence electrons. The van der Waals surface area contributed by atoms with Crippen molar-refractivity contribution in [2.24, 2.45) is 0 Å². The number of hydrogen-bond acceptors (Lipinski definition) is 4. The van der Waals surface area contributed by atoms with Crippen molar-refractivity contribution in [2.45, 2.75) is 32.2 Å². The smallest absolute Gasteiger partial charge is 0.100 e. The molecule has 15 heavy (non-hydrogen) atoms. The van der Waals surface area contributed by atoms with Crippen molar-refractivity contribution in [1.82, 2.24) is 15.0 Å². The quantitative estimate of drug-likeness (QED) is 0.736. The van der Waals surface area contributed by atoms with Gasteiger partial charge in [0.2, 0.25) is 0 Å². The van der Waals surface area contributed by atoms with E-state index in [1.165, 1.54) is 0 Å². The van der Waals surface area contributed by atoms with E-state index in [0.29, 0.717) is 12.3 Å². The Morgan fingerprint density at radius 1 is 1.67 bits per heavy atom. The summed E-state index contributed by atoms with van der Waals surface area (Å²) in [6, 6.07) is 2.13. The van der Waals surface area contributed by atoms with Gasteiger partial charge in [0.05, 0.1) is 24.8 Å². The van der Waals surface area contributed by atoms with E-state index in [2.05, 4.69) is 16.4 Å². The van der Waals surface area contributed by atoms with E-state index in [0.717, 1.165) is 37.6 Å². The lowest BCUT2D eigenvalue weighted by Crippen LogP contribution is -2.10. The summed E-state index contributed by atoms with van der Waals surface area (Å²) in [7, 11) is 0. The largest absolute Gasteiger partial charge is 0.381 e. The molecule has 5 nitrogen and oxygen atoms in total. The first-order valence-corrected chi connectivity index (χ1v) is 5.23. The van der Waals surface area contributed by atoms with E-state index in [1.807, 2.05) is 11.6 Å². The average molecular weight is 206 g/mol. The van der Waals surface area contributed by atoms with Crippen LogP contribution < -0.4 is 0 Å². The second kappa shape index (κ2) is 4.41. The monoisotopic (exact) mass is 206 g/mol. The third kappa shape index (κ3) is 1.85. The normalized spacial score (nSPS) is 20.4. The van der Waals surface area contributed by atoms with Crippen LogP contribution >= 0.6 is 0 Å². The molecule has 0 N–H and O–H groups in total. The number of hydrogen-bond donors (Lipinski definition) is 0. The highest BCUT2D eigenvalue weighted by Gasteiger charge is 2.25. The number of nitriles is 1. The van der Waals surface area contributed by atoms with Crippen molar-refractivity contribution in [3.8, 4) is 6.07 Å². The molecule has 2 rings (SSSR count). The molecule has 1 aromatic rings. The van der Waals surface area contributed by atoms with Gasteiger partial charge in [-0.15, -0.1) is 5.10 Å². The van der Waals surface area contributed by atoms with Gasteiger partial charge in [0.15, 0.2) is 0 Å². The summed E-state index contributed by atoms with van der Waals surface area (Å²) in [4.78, 5) is 0. The Labute approximate surface area is 88.6 Å². The van der Waals surface area contributed by atoms with Crippen LogP contribution in [0.15, 0.2) is 0 Å². The SMILES string of the molecule is CCn1nnc(CC#N)c1C1CCOC1. The van der Waals surface area contributed by atoms with Gasteiger partial charge in [-0.1, -0.05) is 5.21 Å². The van der Waals surface area contributed by atoms with Gasteiger partial charge in [-0.2, -0.15) is 5.26 Å². The number of nitrogens with zero attached hydrogens (tertiary/aromatic N) is 4. The molecule has 1 aromatic heterocycles. The molecule has 5 heteroatoms. The van der Waals surface area contributed by atoms with Gasteiger partial charge in [0.25, 0.3) is 0 Å². The fourth-order valence-electron chi connectivity index (χ4n) is 1.99. The molecular weight excluding hydrogens is 192 g/mol. The minimum atomic E-state index is 0.339. The molecule has 0 amide bonds. The van der Waals surface area contributed by atoms with Gasteiger partial charge in [-0.05, 0) is 13.3 Å². The number of rotatable bonds is 3. The number of ether oxygens (including phenoxy) is 1. The first-order valence-electron chi connectivity index (χ1n) is 5.23. The first kappa shape index (κ1) is 10.1. The van der Waals surface area contributed by atoms with Crippen LogP contribution in [0, 0.1) is 11.3 Å². The zero-order chi connectivity index (χ0) is 10.7. The zero-order valence-corrected chi connectivity index (χ0v) is 8.81. The molecule has 1 unspecified atom stereocenters. The molecule has 1 aliphatic heterocycles. The van der Waals surface area contributed by atoms with Gasteiger partial charge in [0.1, 0.15) is 5.69 Å². The van der Waals surface area contributed by atoms with Crippen molar-refractivity contribution >= 4 is 0 Å². The number of aryl methyl sites for hydroxylation is 1. The second-order valence-corrected chi connectivity index (χ2v) is 3.63. The maximum atomic E-state index is 8.71. The summed E-state index contributed by atoms with van der Waals surface area (Å²) in [5, 5.41) is 16.8. The molecule has 0 aromatic carbocycles. The maximum Gasteiger partial charge on any atom is 0.100 e. The van der Waals surface area contributed by atoms with Gasteiger partial charge in [0, 0.05) is 19.1 Å². The fourth-order valence-corrected chi connectivity index (χ4v) is 1.99. The summed E-state index contributed by atoms with van der Waals surface area (Å²) in [6.07, 6.45) is 1.34. The van der Waals surface area contributed by atoms with E-state index in [1.54, 1.807) is 0 Å². The van der Waals surface area contributed by atoms with Crippen LogP contribution in [0.2, 0.25) is 0 Å². The molecule has 2 heterocycles. The Balaban J connectivity index is 2.32. The van der Waals surface area contributed by atoms with E-state index < -0.39 is 0 Å². The molecule has 1 aliphatic rings. The molecule has 1 atom stereocenters. The Morgan fingerprint density at radius 2 is 2.53 bits per heavy atom. The molecular formula is C10H14N4O. The van der Waals surface area contributed by atoms with Crippen LogP contribution in [0.3, 0.4) is 0 Å². The van der Waals surface area contributed by atoms with Crippen molar-refractivity contribution in [1.29, 1.82) is 5.26 Å². The maximum absolute atomic E-state index is 8.71. The topological polar surface area (TPSA) is 63.7 Å². The minimum Gasteiger partial charge on any atom is -0.381 e. The van der Waals surface area contributed by atoms with E-state index in [9.17, 15) is 0 Å². The second-order valence-electron chi connectivity index (χ2n) is 3.63. The molecule has 0 spiro atoms. The Hall–Kier alpha value is -1.41. The Morgan fingerprint density at radius 3 is 3.13 bits per heavy atom. The molecule has 1 saturated heterocycles. The number of aromatic nitrogens is 3. The summed E-state index contributed by atoms with van der Waals surface area (Å²) in [6.45, 7) is 4.35. The molecule has 0 saturated carbocycles. The van der Waals surface area contributed by atoms with Crippen LogP contribution in [0.5, 0.6) is 0 Å². The van der Waals surface area contributed by atoms with E-state index in [-0.39, 0.29) is 0 Å². The highest BCUT2D eigenvalue weighted by Crippen LogP contribution is 2.27. The zero-order valence-electron chi connectivity index (χ0n) is 8.81. The predicted molar refractivity (Wildman–Crippen MR) is 53.2 cm³/mol. The summed E-state index contributed by atoms with van der Waals surface area (Å²) in [5.74, 6) is 0.364. The van der Waals surface area contributed by atoms with E-state index in [4.69, 9.17) is 10.00 Å². The fraction of sp³-hybridized carbons (Fsp3) is 0.700. The molecule has 1 fully saturated rings. The van der Waals surface area contributed by atoms with Crippen LogP contribution in [0.25, 0.3) is 0 Å². The Bertz CT molecular complexity index is 373. The van der Waals surface area contributed by atoms with Crippen molar-refractivity contribution in [3.63, 3.8) is 0 Å². The van der Waals surface area contributed by atoms with Crippen molar-refractivity contribution < 1.29 is 4.74 Å². The van der Waals surface area contributed by atoms with Crippen LogP contribution in [0.4, 0.5) is 0 Å². The van der Waals surface area contributed by atoms with Gasteiger partial charge in [-0.25, -0.2) is 4.68 Å². The highest BCUT2D eigenvalue weighted by atomic mass is 16.5. The highest BCUT2D eigenvalue weighted by molar-refractivity contribution is 5.19. The predicted octanol–water partition coefficient (Wildman–Crippen LogP) is 0.868. The van der Waals surface area contributed by atoms with E-state index >= 15 is 0 Å².